The first-order valence-electron chi connectivity index (χ1n) is 7.15. The lowest BCUT2D eigenvalue weighted by molar-refractivity contribution is 0.198. The van der Waals surface area contributed by atoms with E-state index in [4.69, 9.17) is 0 Å². The highest BCUT2D eigenvalue weighted by Crippen LogP contribution is 2.29. The van der Waals surface area contributed by atoms with E-state index >= 15 is 0 Å². The highest BCUT2D eigenvalue weighted by Gasteiger charge is 2.26. The number of nitrogens with zero attached hydrogens (tertiary/aromatic N) is 4. The molecule has 1 aliphatic carbocycles. The Hall–Kier alpha value is -1.36. The van der Waals surface area contributed by atoms with Crippen molar-refractivity contribution in [3.05, 3.63) is 11.9 Å². The lowest BCUT2D eigenvalue weighted by atomic mass is 9.92. The van der Waals surface area contributed by atoms with E-state index in [-0.39, 0.29) is 6.10 Å². The van der Waals surface area contributed by atoms with E-state index in [1.807, 2.05) is 6.92 Å². The van der Waals surface area contributed by atoms with Gasteiger partial charge in [0.1, 0.15) is 17.5 Å². The molecule has 5 heteroatoms. The average Bonchev–Trinajstić information content (AvgIpc) is 2.73. The van der Waals surface area contributed by atoms with Gasteiger partial charge >= 0.3 is 0 Å². The minimum atomic E-state index is -0.219. The molecule has 1 N–H and O–H groups in total. The van der Waals surface area contributed by atoms with E-state index in [1.54, 1.807) is 0 Å². The summed E-state index contributed by atoms with van der Waals surface area (Å²) >= 11 is 0. The second-order valence-corrected chi connectivity index (χ2v) is 5.72. The van der Waals surface area contributed by atoms with E-state index in [0.29, 0.717) is 12.6 Å². The Morgan fingerprint density at radius 3 is 2.68 bits per heavy atom. The number of aliphatic hydroxyl groups is 1. The number of aromatic nitrogens is 2. The second-order valence-electron chi connectivity index (χ2n) is 5.72. The van der Waals surface area contributed by atoms with Crippen molar-refractivity contribution in [2.24, 2.45) is 0 Å². The van der Waals surface area contributed by atoms with E-state index in [0.717, 1.165) is 30.4 Å². The largest absolute Gasteiger partial charge is 0.391 e. The van der Waals surface area contributed by atoms with Crippen molar-refractivity contribution in [2.75, 3.05) is 29.9 Å². The Kier molecular flexibility index (Phi) is 3.31. The van der Waals surface area contributed by atoms with Crippen LogP contribution in [-0.4, -0.2) is 47.4 Å². The maximum absolute atomic E-state index is 9.65. The number of anilines is 2. The molecule has 5 nitrogen and oxygen atoms in total. The van der Waals surface area contributed by atoms with Crippen molar-refractivity contribution in [1.82, 2.24) is 9.97 Å². The maximum atomic E-state index is 9.65. The summed E-state index contributed by atoms with van der Waals surface area (Å²) in [5.41, 5.74) is 0. The van der Waals surface area contributed by atoms with Crippen LogP contribution >= 0.6 is 0 Å². The van der Waals surface area contributed by atoms with Crippen LogP contribution in [0.15, 0.2) is 6.07 Å². The van der Waals surface area contributed by atoms with Crippen molar-refractivity contribution < 1.29 is 5.11 Å². The zero-order valence-corrected chi connectivity index (χ0v) is 11.7. The number of hydrogen-bond acceptors (Lipinski definition) is 5. The summed E-state index contributed by atoms with van der Waals surface area (Å²) in [6.45, 7) is 3.50. The zero-order valence-electron chi connectivity index (χ0n) is 11.7. The molecular weight excluding hydrogens is 240 g/mol. The second kappa shape index (κ2) is 4.96. The minimum Gasteiger partial charge on any atom is -0.391 e. The van der Waals surface area contributed by atoms with Crippen molar-refractivity contribution in [1.29, 1.82) is 0 Å². The third kappa shape index (κ3) is 2.52. The van der Waals surface area contributed by atoms with Gasteiger partial charge in [-0.1, -0.05) is 0 Å². The fraction of sp³-hybridized carbons (Fsp3) is 0.714. The lowest BCUT2D eigenvalue weighted by Gasteiger charge is -2.36. The molecule has 1 atom stereocenters. The highest BCUT2D eigenvalue weighted by atomic mass is 16.3. The fourth-order valence-corrected chi connectivity index (χ4v) is 2.79. The lowest BCUT2D eigenvalue weighted by Crippen LogP contribution is -2.38. The monoisotopic (exact) mass is 262 g/mol. The van der Waals surface area contributed by atoms with E-state index < -0.39 is 0 Å². The van der Waals surface area contributed by atoms with Gasteiger partial charge in [-0.25, -0.2) is 9.97 Å². The Balaban J connectivity index is 1.83. The number of aryl methyl sites for hydroxylation is 1. The molecule has 2 aliphatic rings. The van der Waals surface area contributed by atoms with Crippen LogP contribution in [0.25, 0.3) is 0 Å². The molecular formula is C14H22N4O. The standard InChI is InChI=1S/C14H22N4O/c1-10-15-13(17(2)11-4-3-5-11)8-14(16-10)18-7-6-12(19)9-18/h8,11-12,19H,3-7,9H2,1-2H3. The zero-order chi connectivity index (χ0) is 13.4. The number of aliphatic hydroxyl groups excluding tert-OH is 1. The molecule has 0 amide bonds. The fourth-order valence-electron chi connectivity index (χ4n) is 2.79. The van der Waals surface area contributed by atoms with Crippen LogP contribution in [0.5, 0.6) is 0 Å². The molecule has 1 aromatic heterocycles. The predicted octanol–water partition coefficient (Wildman–Crippen LogP) is 1.34. The van der Waals surface area contributed by atoms with Gasteiger partial charge in [0.15, 0.2) is 0 Å². The predicted molar refractivity (Wildman–Crippen MR) is 75.6 cm³/mol. The molecule has 0 spiro atoms. The number of hydrogen-bond donors (Lipinski definition) is 1. The van der Waals surface area contributed by atoms with Gasteiger partial charge in [0.05, 0.1) is 6.10 Å². The van der Waals surface area contributed by atoms with Gasteiger partial charge in [0.25, 0.3) is 0 Å². The normalized spacial score (nSPS) is 23.5. The smallest absolute Gasteiger partial charge is 0.134 e. The molecule has 1 unspecified atom stereocenters. The average molecular weight is 262 g/mol. The summed E-state index contributed by atoms with van der Waals surface area (Å²) in [4.78, 5) is 13.5. The summed E-state index contributed by atoms with van der Waals surface area (Å²) in [6.07, 6.45) is 4.46. The third-order valence-electron chi connectivity index (χ3n) is 4.28. The molecule has 2 fully saturated rings. The first-order chi connectivity index (χ1) is 9.13. The summed E-state index contributed by atoms with van der Waals surface area (Å²) < 4.78 is 0. The van der Waals surface area contributed by atoms with Crippen LogP contribution in [0.1, 0.15) is 31.5 Å². The van der Waals surface area contributed by atoms with Crippen molar-refractivity contribution in [3.8, 4) is 0 Å². The van der Waals surface area contributed by atoms with Crippen LogP contribution in [0.4, 0.5) is 11.6 Å². The highest BCUT2D eigenvalue weighted by molar-refractivity contribution is 5.52. The molecule has 0 radical (unpaired) electrons. The third-order valence-corrected chi connectivity index (χ3v) is 4.28. The van der Waals surface area contributed by atoms with E-state index in [1.165, 1.54) is 19.3 Å². The minimum absolute atomic E-state index is 0.219. The van der Waals surface area contributed by atoms with Crippen molar-refractivity contribution in [3.63, 3.8) is 0 Å². The maximum Gasteiger partial charge on any atom is 0.134 e. The molecule has 104 valence electrons. The summed E-state index contributed by atoms with van der Waals surface area (Å²) in [6, 6.07) is 2.69. The molecule has 0 aromatic carbocycles. The van der Waals surface area contributed by atoms with Crippen LogP contribution in [0.2, 0.25) is 0 Å². The molecule has 19 heavy (non-hydrogen) atoms. The van der Waals surface area contributed by atoms with Gasteiger partial charge in [-0.15, -0.1) is 0 Å². The van der Waals surface area contributed by atoms with Gasteiger partial charge in [-0.2, -0.15) is 0 Å². The SMILES string of the molecule is Cc1nc(N2CCC(O)C2)cc(N(C)C2CCC2)n1. The quantitative estimate of drug-likeness (QED) is 0.891. The molecule has 0 bridgehead atoms. The Bertz CT molecular complexity index is 441. The molecule has 1 saturated carbocycles. The molecule has 1 aromatic rings. The molecule has 2 heterocycles. The summed E-state index contributed by atoms with van der Waals surface area (Å²) in [5.74, 6) is 2.76. The van der Waals surface area contributed by atoms with Crippen LogP contribution < -0.4 is 9.80 Å². The molecule has 1 aliphatic heterocycles. The van der Waals surface area contributed by atoms with Crippen molar-refractivity contribution in [2.45, 2.75) is 44.8 Å². The van der Waals surface area contributed by atoms with Gasteiger partial charge in [0.2, 0.25) is 0 Å². The first kappa shape index (κ1) is 12.7. The van der Waals surface area contributed by atoms with Gasteiger partial charge in [0, 0.05) is 32.2 Å². The van der Waals surface area contributed by atoms with Gasteiger partial charge in [-0.3, -0.25) is 0 Å². The number of rotatable bonds is 3. The topological polar surface area (TPSA) is 52.5 Å². The Morgan fingerprint density at radius 2 is 2.11 bits per heavy atom. The number of β-amino-alcohol motifs (C(OH)–C–C–N with tert-alkyl or cyclic N) is 1. The molecule has 1 saturated heterocycles. The van der Waals surface area contributed by atoms with Crippen LogP contribution in [0.3, 0.4) is 0 Å². The van der Waals surface area contributed by atoms with Gasteiger partial charge < -0.3 is 14.9 Å². The Labute approximate surface area is 114 Å². The van der Waals surface area contributed by atoms with E-state index in [9.17, 15) is 5.11 Å². The summed E-state index contributed by atoms with van der Waals surface area (Å²) in [5, 5.41) is 9.65. The van der Waals surface area contributed by atoms with Crippen molar-refractivity contribution >= 4 is 11.6 Å². The first-order valence-corrected chi connectivity index (χ1v) is 7.15. The van der Waals surface area contributed by atoms with E-state index in [2.05, 4.69) is 32.9 Å². The molecule has 3 rings (SSSR count). The van der Waals surface area contributed by atoms with Gasteiger partial charge in [-0.05, 0) is 32.6 Å². The van der Waals surface area contributed by atoms with Crippen LogP contribution in [0, 0.1) is 6.92 Å². The summed E-state index contributed by atoms with van der Waals surface area (Å²) in [7, 11) is 2.12. The van der Waals surface area contributed by atoms with Crippen LogP contribution in [-0.2, 0) is 0 Å². The Morgan fingerprint density at radius 1 is 1.32 bits per heavy atom.